The van der Waals surface area contributed by atoms with E-state index < -0.39 is 0 Å². The van der Waals surface area contributed by atoms with Crippen LogP contribution >= 0.6 is 11.8 Å². The highest BCUT2D eigenvalue weighted by atomic mass is 32.2. The second-order valence-corrected chi connectivity index (χ2v) is 6.80. The smallest absolute Gasteiger partial charge is 0.251 e. The lowest BCUT2D eigenvalue weighted by molar-refractivity contribution is -0.126. The first-order valence-electron chi connectivity index (χ1n) is 7.51. The molecule has 0 spiro atoms. The molecule has 1 aliphatic heterocycles. The van der Waals surface area contributed by atoms with E-state index in [0.717, 1.165) is 21.6 Å². The average molecular weight is 327 g/mol. The van der Waals surface area contributed by atoms with Gasteiger partial charge in [-0.15, -0.1) is 0 Å². The minimum atomic E-state index is -0.249. The number of thioether (sulfide) groups is 1. The van der Waals surface area contributed by atoms with Gasteiger partial charge in [-0.2, -0.15) is 0 Å². The van der Waals surface area contributed by atoms with Gasteiger partial charge in [-0.05, 0) is 49.2 Å². The van der Waals surface area contributed by atoms with Crippen LogP contribution in [0.15, 0.2) is 70.6 Å². The molecule has 1 heterocycles. The molecule has 0 saturated heterocycles. The average Bonchev–Trinajstić information content (AvgIpc) is 2.76. The molecule has 2 nitrogen and oxygen atoms in total. The van der Waals surface area contributed by atoms with Crippen molar-refractivity contribution < 1.29 is 9.18 Å². The molecule has 1 atom stereocenters. The van der Waals surface area contributed by atoms with E-state index in [9.17, 15) is 9.18 Å². The Morgan fingerprint density at radius 2 is 1.70 bits per heavy atom. The van der Waals surface area contributed by atoms with Gasteiger partial charge in [-0.3, -0.25) is 4.79 Å². The second-order valence-electron chi connectivity index (χ2n) is 5.65. The molecule has 1 aliphatic rings. The molecule has 4 heteroatoms. The van der Waals surface area contributed by atoms with Crippen LogP contribution in [-0.2, 0) is 11.3 Å². The fourth-order valence-corrected chi connectivity index (χ4v) is 3.84. The molecule has 0 fully saturated rings. The van der Waals surface area contributed by atoms with E-state index in [-0.39, 0.29) is 17.1 Å². The van der Waals surface area contributed by atoms with Crippen molar-refractivity contribution in [2.45, 2.75) is 30.7 Å². The molecule has 118 valence electrons. The van der Waals surface area contributed by atoms with Crippen molar-refractivity contribution in [2.24, 2.45) is 0 Å². The Kier molecular flexibility index (Phi) is 4.53. The molecule has 0 bridgehead atoms. The number of hydrogen-bond acceptors (Lipinski definition) is 2. The first-order chi connectivity index (χ1) is 11.1. The third-order valence-corrected chi connectivity index (χ3v) is 5.46. The van der Waals surface area contributed by atoms with E-state index in [2.05, 4.69) is 0 Å². The zero-order valence-electron chi connectivity index (χ0n) is 13.1. The van der Waals surface area contributed by atoms with Gasteiger partial charge in [-0.1, -0.05) is 42.1 Å². The molecule has 0 N–H and O–H groups in total. The Balaban J connectivity index is 1.84. The van der Waals surface area contributed by atoms with Gasteiger partial charge in [0.25, 0.3) is 5.91 Å². The summed E-state index contributed by atoms with van der Waals surface area (Å²) < 4.78 is 13.1. The molecule has 0 radical (unpaired) electrons. The molecule has 0 aromatic heterocycles. The summed E-state index contributed by atoms with van der Waals surface area (Å²) in [7, 11) is 0. The topological polar surface area (TPSA) is 20.3 Å². The second kappa shape index (κ2) is 6.59. The lowest BCUT2D eigenvalue weighted by atomic mass is 10.2. The van der Waals surface area contributed by atoms with Crippen LogP contribution in [-0.4, -0.2) is 16.2 Å². The summed E-state index contributed by atoms with van der Waals surface area (Å²) in [4.78, 5) is 15.4. The van der Waals surface area contributed by atoms with Crippen molar-refractivity contribution in [3.63, 3.8) is 0 Å². The van der Waals surface area contributed by atoms with Crippen LogP contribution < -0.4 is 0 Å². The van der Waals surface area contributed by atoms with Gasteiger partial charge in [-0.25, -0.2) is 4.39 Å². The van der Waals surface area contributed by atoms with Crippen molar-refractivity contribution in [3.8, 4) is 0 Å². The number of nitrogens with zero attached hydrogens (tertiary/aromatic N) is 1. The Bertz CT molecular complexity index is 740. The summed E-state index contributed by atoms with van der Waals surface area (Å²) in [6.07, 6.45) is 0. The standard InChI is InChI=1S/C19H18FNOS/c1-13-14(2)19(23-17-10-8-16(20)9-11-17)21(18(13)22)12-15-6-4-3-5-7-15/h3-11,19H,12H2,1-2H3/t19-/m0/s1. The SMILES string of the molecule is CC1=C(C)[C@H](Sc2ccc(F)cc2)N(Cc2ccccc2)C1=O. The number of rotatable bonds is 4. The molecule has 23 heavy (non-hydrogen) atoms. The Hall–Kier alpha value is -2.07. The molecule has 2 aromatic rings. The summed E-state index contributed by atoms with van der Waals surface area (Å²) >= 11 is 1.58. The zero-order valence-corrected chi connectivity index (χ0v) is 13.9. The van der Waals surface area contributed by atoms with Gasteiger partial charge in [0.1, 0.15) is 11.2 Å². The molecular formula is C19H18FNOS. The highest BCUT2D eigenvalue weighted by Crippen LogP contribution is 2.38. The van der Waals surface area contributed by atoms with Crippen LogP contribution in [0.2, 0.25) is 0 Å². The minimum absolute atomic E-state index is 0.0480. The third-order valence-electron chi connectivity index (χ3n) is 4.08. The molecule has 1 amide bonds. The summed E-state index contributed by atoms with van der Waals surface area (Å²) in [5.41, 5.74) is 2.98. The fourth-order valence-electron chi connectivity index (χ4n) is 2.64. The van der Waals surface area contributed by atoms with E-state index in [1.54, 1.807) is 23.9 Å². The normalized spacial score (nSPS) is 18.0. The number of carbonyl (C=O) groups excluding carboxylic acids is 1. The Labute approximate surface area is 140 Å². The maximum absolute atomic E-state index is 13.1. The maximum atomic E-state index is 13.1. The van der Waals surface area contributed by atoms with Crippen molar-refractivity contribution >= 4 is 17.7 Å². The fraction of sp³-hybridized carbons (Fsp3) is 0.211. The predicted octanol–water partition coefficient (Wildman–Crippen LogP) is 4.62. The predicted molar refractivity (Wildman–Crippen MR) is 91.4 cm³/mol. The van der Waals surface area contributed by atoms with Crippen molar-refractivity contribution in [1.29, 1.82) is 0 Å². The van der Waals surface area contributed by atoms with Crippen LogP contribution in [0.3, 0.4) is 0 Å². The van der Waals surface area contributed by atoms with E-state index >= 15 is 0 Å². The van der Waals surface area contributed by atoms with E-state index in [1.165, 1.54) is 12.1 Å². The molecular weight excluding hydrogens is 309 g/mol. The van der Waals surface area contributed by atoms with Crippen LogP contribution in [0.4, 0.5) is 4.39 Å². The van der Waals surface area contributed by atoms with E-state index in [4.69, 9.17) is 0 Å². The lowest BCUT2D eigenvalue weighted by Gasteiger charge is -2.26. The Morgan fingerprint density at radius 3 is 2.35 bits per heavy atom. The van der Waals surface area contributed by atoms with Gasteiger partial charge < -0.3 is 4.90 Å². The molecule has 2 aromatic carbocycles. The zero-order chi connectivity index (χ0) is 16.4. The number of benzene rings is 2. The van der Waals surface area contributed by atoms with Gasteiger partial charge in [0.2, 0.25) is 0 Å². The summed E-state index contributed by atoms with van der Waals surface area (Å²) in [5, 5.41) is -0.0480. The van der Waals surface area contributed by atoms with Crippen LogP contribution in [0.1, 0.15) is 19.4 Å². The summed E-state index contributed by atoms with van der Waals surface area (Å²) in [6, 6.07) is 16.4. The molecule has 0 unspecified atom stereocenters. The Morgan fingerprint density at radius 1 is 1.04 bits per heavy atom. The first kappa shape index (κ1) is 15.8. The highest BCUT2D eigenvalue weighted by molar-refractivity contribution is 8.00. The van der Waals surface area contributed by atoms with Gasteiger partial charge >= 0.3 is 0 Å². The van der Waals surface area contributed by atoms with Crippen molar-refractivity contribution in [1.82, 2.24) is 4.90 Å². The van der Waals surface area contributed by atoms with Crippen LogP contribution in [0.25, 0.3) is 0 Å². The molecule has 0 aliphatic carbocycles. The number of halogens is 1. The molecule has 3 rings (SSSR count). The molecule has 0 saturated carbocycles. The maximum Gasteiger partial charge on any atom is 0.251 e. The van der Waals surface area contributed by atoms with Gasteiger partial charge in [0.05, 0.1) is 0 Å². The highest BCUT2D eigenvalue weighted by Gasteiger charge is 2.35. The van der Waals surface area contributed by atoms with Crippen LogP contribution in [0.5, 0.6) is 0 Å². The van der Waals surface area contributed by atoms with Crippen molar-refractivity contribution in [2.75, 3.05) is 0 Å². The van der Waals surface area contributed by atoms with Gasteiger partial charge in [0.15, 0.2) is 0 Å². The van der Waals surface area contributed by atoms with E-state index in [0.29, 0.717) is 6.54 Å². The number of carbonyl (C=O) groups is 1. The first-order valence-corrected chi connectivity index (χ1v) is 8.38. The monoisotopic (exact) mass is 327 g/mol. The minimum Gasteiger partial charge on any atom is -0.318 e. The van der Waals surface area contributed by atoms with Crippen molar-refractivity contribution in [3.05, 3.63) is 77.1 Å². The summed E-state index contributed by atoms with van der Waals surface area (Å²) in [5.74, 6) is -0.174. The van der Waals surface area contributed by atoms with Crippen LogP contribution in [0, 0.1) is 5.82 Å². The largest absolute Gasteiger partial charge is 0.318 e. The summed E-state index contributed by atoms with van der Waals surface area (Å²) in [6.45, 7) is 4.45. The lowest BCUT2D eigenvalue weighted by Crippen LogP contribution is -2.32. The van der Waals surface area contributed by atoms with E-state index in [1.807, 2.05) is 49.1 Å². The quantitative estimate of drug-likeness (QED) is 0.816. The third kappa shape index (κ3) is 3.32. The number of amides is 1. The van der Waals surface area contributed by atoms with Gasteiger partial charge in [0, 0.05) is 17.0 Å². The number of hydrogen-bond donors (Lipinski definition) is 0.